The lowest BCUT2D eigenvalue weighted by molar-refractivity contribution is 0.0697. The first-order valence-corrected chi connectivity index (χ1v) is 6.44. The number of benzene rings is 1. The van der Waals surface area contributed by atoms with Crippen molar-refractivity contribution >= 4 is 5.97 Å². The molecule has 0 fully saturated rings. The van der Waals surface area contributed by atoms with Crippen molar-refractivity contribution < 1.29 is 9.90 Å². The number of carboxylic acids is 1. The van der Waals surface area contributed by atoms with Crippen LogP contribution < -0.4 is 0 Å². The van der Waals surface area contributed by atoms with Crippen LogP contribution in [0.4, 0.5) is 0 Å². The minimum Gasteiger partial charge on any atom is -0.478 e. The van der Waals surface area contributed by atoms with Crippen molar-refractivity contribution in [3.63, 3.8) is 0 Å². The Hall–Kier alpha value is -2.10. The van der Waals surface area contributed by atoms with Crippen molar-refractivity contribution in [2.75, 3.05) is 0 Å². The fourth-order valence-corrected chi connectivity index (χ4v) is 1.98. The predicted octanol–water partition coefficient (Wildman–Crippen LogP) is 3.39. The van der Waals surface area contributed by atoms with E-state index in [0.29, 0.717) is 18.2 Å². The molecule has 0 aliphatic heterocycles. The standard InChI is InChI=1S/C15H18N2O2/c1-4-17-9-13(15(18)19)14(16-17)12-7-5-11(6-8-12)10(2)3/h5-10H,4H2,1-3H3,(H,18,19). The number of nitrogens with zero attached hydrogens (tertiary/aromatic N) is 2. The minimum atomic E-state index is -0.942. The number of aromatic nitrogens is 2. The van der Waals surface area contributed by atoms with E-state index in [1.54, 1.807) is 10.9 Å². The van der Waals surface area contributed by atoms with Gasteiger partial charge in [-0.15, -0.1) is 0 Å². The summed E-state index contributed by atoms with van der Waals surface area (Å²) in [6.45, 7) is 6.85. The van der Waals surface area contributed by atoms with E-state index in [1.807, 2.05) is 31.2 Å². The largest absolute Gasteiger partial charge is 0.478 e. The fraction of sp³-hybridized carbons (Fsp3) is 0.333. The molecule has 0 radical (unpaired) electrons. The lowest BCUT2D eigenvalue weighted by Crippen LogP contribution is -1.97. The van der Waals surface area contributed by atoms with Crippen molar-refractivity contribution in [2.45, 2.75) is 33.2 Å². The van der Waals surface area contributed by atoms with Gasteiger partial charge in [0, 0.05) is 18.3 Å². The molecule has 4 heteroatoms. The van der Waals surface area contributed by atoms with E-state index in [9.17, 15) is 9.90 Å². The van der Waals surface area contributed by atoms with Crippen LogP contribution in [0.1, 0.15) is 42.6 Å². The number of carbonyl (C=O) groups is 1. The molecule has 1 N–H and O–H groups in total. The second-order valence-electron chi connectivity index (χ2n) is 4.83. The molecule has 19 heavy (non-hydrogen) atoms. The number of hydrogen-bond acceptors (Lipinski definition) is 2. The molecule has 0 aliphatic rings. The molecule has 0 saturated heterocycles. The van der Waals surface area contributed by atoms with Gasteiger partial charge < -0.3 is 5.11 Å². The van der Waals surface area contributed by atoms with Gasteiger partial charge in [0.25, 0.3) is 0 Å². The number of aryl methyl sites for hydroxylation is 1. The molecular formula is C15H18N2O2. The first-order chi connectivity index (χ1) is 9.02. The maximum absolute atomic E-state index is 11.2. The molecule has 0 unspecified atom stereocenters. The van der Waals surface area contributed by atoms with Gasteiger partial charge in [-0.2, -0.15) is 5.10 Å². The Kier molecular flexibility index (Phi) is 3.69. The first-order valence-electron chi connectivity index (χ1n) is 6.44. The van der Waals surface area contributed by atoms with Gasteiger partial charge >= 0.3 is 5.97 Å². The normalized spacial score (nSPS) is 10.9. The molecule has 2 aromatic rings. The first kappa shape index (κ1) is 13.3. The van der Waals surface area contributed by atoms with Crippen molar-refractivity contribution in [1.82, 2.24) is 9.78 Å². The lowest BCUT2D eigenvalue weighted by atomic mass is 10.00. The lowest BCUT2D eigenvalue weighted by Gasteiger charge is -2.06. The highest BCUT2D eigenvalue weighted by molar-refractivity contribution is 5.94. The van der Waals surface area contributed by atoms with Crippen LogP contribution in [0.25, 0.3) is 11.3 Å². The Morgan fingerprint density at radius 3 is 2.42 bits per heavy atom. The molecule has 0 saturated carbocycles. The van der Waals surface area contributed by atoms with Gasteiger partial charge in [0.2, 0.25) is 0 Å². The molecule has 0 bridgehead atoms. The van der Waals surface area contributed by atoms with Crippen molar-refractivity contribution in [2.24, 2.45) is 0 Å². The van der Waals surface area contributed by atoms with Gasteiger partial charge in [0.1, 0.15) is 11.3 Å². The zero-order valence-electron chi connectivity index (χ0n) is 11.4. The highest BCUT2D eigenvalue weighted by atomic mass is 16.4. The van der Waals surface area contributed by atoms with E-state index >= 15 is 0 Å². The number of rotatable bonds is 4. The maximum Gasteiger partial charge on any atom is 0.339 e. The van der Waals surface area contributed by atoms with E-state index in [2.05, 4.69) is 18.9 Å². The summed E-state index contributed by atoms with van der Waals surface area (Å²) in [5.41, 5.74) is 2.85. The van der Waals surface area contributed by atoms with Crippen molar-refractivity contribution in [3.05, 3.63) is 41.6 Å². The summed E-state index contributed by atoms with van der Waals surface area (Å²) < 4.78 is 1.65. The molecule has 100 valence electrons. The van der Waals surface area contributed by atoms with E-state index in [0.717, 1.165) is 5.56 Å². The van der Waals surface area contributed by atoms with E-state index in [1.165, 1.54) is 5.56 Å². The zero-order chi connectivity index (χ0) is 14.0. The monoisotopic (exact) mass is 258 g/mol. The summed E-state index contributed by atoms with van der Waals surface area (Å²) in [5, 5.41) is 13.6. The summed E-state index contributed by atoms with van der Waals surface area (Å²) >= 11 is 0. The summed E-state index contributed by atoms with van der Waals surface area (Å²) in [7, 11) is 0. The van der Waals surface area contributed by atoms with Crippen molar-refractivity contribution in [1.29, 1.82) is 0 Å². The Morgan fingerprint density at radius 2 is 1.95 bits per heavy atom. The topological polar surface area (TPSA) is 55.1 Å². The smallest absolute Gasteiger partial charge is 0.339 e. The molecule has 0 atom stereocenters. The molecule has 0 aliphatic carbocycles. The van der Waals surface area contributed by atoms with Gasteiger partial charge in [-0.1, -0.05) is 38.1 Å². The van der Waals surface area contributed by atoms with E-state index in [-0.39, 0.29) is 5.56 Å². The molecule has 0 amide bonds. The average Bonchev–Trinajstić information content (AvgIpc) is 2.83. The summed E-state index contributed by atoms with van der Waals surface area (Å²) in [6, 6.07) is 7.92. The molecule has 0 spiro atoms. The highest BCUT2D eigenvalue weighted by Crippen LogP contribution is 2.24. The quantitative estimate of drug-likeness (QED) is 0.914. The Labute approximate surface area is 112 Å². The molecule has 4 nitrogen and oxygen atoms in total. The molecule has 1 aromatic heterocycles. The van der Waals surface area contributed by atoms with Gasteiger partial charge in [-0.3, -0.25) is 4.68 Å². The summed E-state index contributed by atoms with van der Waals surface area (Å²) in [4.78, 5) is 11.2. The second kappa shape index (κ2) is 5.26. The van der Waals surface area contributed by atoms with Crippen LogP contribution in [0.15, 0.2) is 30.5 Å². The number of carboxylic acid groups (broad SMARTS) is 1. The van der Waals surface area contributed by atoms with Gasteiger partial charge in [0.15, 0.2) is 0 Å². The maximum atomic E-state index is 11.2. The zero-order valence-corrected chi connectivity index (χ0v) is 11.4. The number of aromatic carboxylic acids is 1. The average molecular weight is 258 g/mol. The Bertz CT molecular complexity index is 583. The minimum absolute atomic E-state index is 0.249. The van der Waals surface area contributed by atoms with Crippen LogP contribution in [-0.4, -0.2) is 20.9 Å². The molecule has 1 aromatic carbocycles. The van der Waals surface area contributed by atoms with E-state index in [4.69, 9.17) is 0 Å². The molecule has 2 rings (SSSR count). The number of hydrogen-bond donors (Lipinski definition) is 1. The van der Waals surface area contributed by atoms with Crippen LogP contribution in [0.5, 0.6) is 0 Å². The fourth-order valence-electron chi connectivity index (χ4n) is 1.98. The predicted molar refractivity (Wildman–Crippen MR) is 74.4 cm³/mol. The van der Waals surface area contributed by atoms with Crippen LogP contribution in [0.2, 0.25) is 0 Å². The molecule has 1 heterocycles. The van der Waals surface area contributed by atoms with Crippen LogP contribution in [-0.2, 0) is 6.54 Å². The van der Waals surface area contributed by atoms with Crippen LogP contribution in [0, 0.1) is 0 Å². The third-order valence-corrected chi connectivity index (χ3v) is 3.17. The SMILES string of the molecule is CCn1cc(C(=O)O)c(-c2ccc(C(C)C)cc2)n1. The second-order valence-corrected chi connectivity index (χ2v) is 4.83. The van der Waals surface area contributed by atoms with Gasteiger partial charge in [-0.25, -0.2) is 4.79 Å². The summed E-state index contributed by atoms with van der Waals surface area (Å²) in [5.74, 6) is -0.483. The van der Waals surface area contributed by atoms with Crippen LogP contribution in [0.3, 0.4) is 0 Å². The van der Waals surface area contributed by atoms with Gasteiger partial charge in [0.05, 0.1) is 0 Å². The highest BCUT2D eigenvalue weighted by Gasteiger charge is 2.16. The van der Waals surface area contributed by atoms with Crippen molar-refractivity contribution in [3.8, 4) is 11.3 Å². The van der Waals surface area contributed by atoms with Gasteiger partial charge in [-0.05, 0) is 18.4 Å². The Balaban J connectivity index is 2.45. The third kappa shape index (κ3) is 2.67. The Morgan fingerprint density at radius 1 is 1.32 bits per heavy atom. The van der Waals surface area contributed by atoms with Crippen LogP contribution >= 0.6 is 0 Å². The summed E-state index contributed by atoms with van der Waals surface area (Å²) in [6.07, 6.45) is 1.58. The molecular weight excluding hydrogens is 240 g/mol. The van der Waals surface area contributed by atoms with E-state index < -0.39 is 5.97 Å². The third-order valence-electron chi connectivity index (χ3n) is 3.17.